The van der Waals surface area contributed by atoms with Crippen molar-refractivity contribution in [2.45, 2.75) is 18.7 Å². The molecule has 2 amide bonds. The number of hydrogen-bond acceptors (Lipinski definition) is 4. The van der Waals surface area contributed by atoms with Gasteiger partial charge in [0.15, 0.2) is 0 Å². The number of rotatable bonds is 6. The Hall–Kier alpha value is -2.71. The molecule has 0 radical (unpaired) electrons. The van der Waals surface area contributed by atoms with E-state index in [9.17, 15) is 18.0 Å². The van der Waals surface area contributed by atoms with Crippen molar-refractivity contribution in [2.24, 2.45) is 0 Å². The summed E-state index contributed by atoms with van der Waals surface area (Å²) >= 11 is 0. The van der Waals surface area contributed by atoms with E-state index in [0.29, 0.717) is 5.69 Å². The van der Waals surface area contributed by atoms with Gasteiger partial charge in [-0.25, -0.2) is 12.7 Å². The van der Waals surface area contributed by atoms with Gasteiger partial charge < -0.3 is 10.6 Å². The minimum atomic E-state index is -3.64. The normalized spacial score (nSPS) is 11.3. The van der Waals surface area contributed by atoms with Crippen LogP contribution in [-0.2, 0) is 14.8 Å². The smallest absolute Gasteiger partial charge is 0.251 e. The number of anilines is 1. The van der Waals surface area contributed by atoms with Gasteiger partial charge in [0.05, 0.1) is 11.4 Å². The molecule has 0 atom stereocenters. The summed E-state index contributed by atoms with van der Waals surface area (Å²) in [4.78, 5) is 24.4. The third kappa shape index (κ3) is 5.15. The van der Waals surface area contributed by atoms with E-state index in [4.69, 9.17) is 0 Å². The van der Waals surface area contributed by atoms with Crippen molar-refractivity contribution in [1.82, 2.24) is 9.62 Å². The van der Waals surface area contributed by atoms with Gasteiger partial charge in [-0.05, 0) is 49.2 Å². The number of benzene rings is 2. The SMILES string of the molecule is Cc1ccc(C)c(NC(=O)CNC(=O)c2cccc(S(=O)(=O)N(C)C)c2)c1. The Morgan fingerprint density at radius 1 is 1.04 bits per heavy atom. The summed E-state index contributed by atoms with van der Waals surface area (Å²) in [5.74, 6) is -0.893. The molecule has 144 valence electrons. The second kappa shape index (κ2) is 8.32. The highest BCUT2D eigenvalue weighted by Crippen LogP contribution is 2.16. The molecule has 8 heteroatoms. The molecule has 0 aromatic heterocycles. The first-order valence-electron chi connectivity index (χ1n) is 8.29. The lowest BCUT2D eigenvalue weighted by molar-refractivity contribution is -0.115. The fourth-order valence-corrected chi connectivity index (χ4v) is 3.28. The summed E-state index contributed by atoms with van der Waals surface area (Å²) in [6.45, 7) is 3.58. The van der Waals surface area contributed by atoms with Crippen LogP contribution in [0.3, 0.4) is 0 Å². The Bertz CT molecular complexity index is 969. The van der Waals surface area contributed by atoms with Gasteiger partial charge in [-0.3, -0.25) is 9.59 Å². The number of nitrogens with zero attached hydrogens (tertiary/aromatic N) is 1. The summed E-state index contributed by atoms with van der Waals surface area (Å²) < 4.78 is 25.4. The molecular formula is C19H23N3O4S. The van der Waals surface area contributed by atoms with Crippen molar-refractivity contribution in [3.63, 3.8) is 0 Å². The van der Waals surface area contributed by atoms with Crippen LogP contribution in [0.25, 0.3) is 0 Å². The molecule has 2 aromatic rings. The second-order valence-electron chi connectivity index (χ2n) is 6.36. The Morgan fingerprint density at radius 3 is 2.41 bits per heavy atom. The molecule has 0 bridgehead atoms. The zero-order chi connectivity index (χ0) is 20.2. The lowest BCUT2D eigenvalue weighted by Crippen LogP contribution is -2.33. The van der Waals surface area contributed by atoms with Crippen LogP contribution in [0.4, 0.5) is 5.69 Å². The van der Waals surface area contributed by atoms with E-state index in [1.807, 2.05) is 32.0 Å². The second-order valence-corrected chi connectivity index (χ2v) is 8.52. The van der Waals surface area contributed by atoms with E-state index >= 15 is 0 Å². The van der Waals surface area contributed by atoms with Crippen LogP contribution in [-0.4, -0.2) is 45.2 Å². The molecule has 0 unspecified atom stereocenters. The number of amides is 2. The number of sulfonamides is 1. The van der Waals surface area contributed by atoms with Crippen molar-refractivity contribution >= 4 is 27.5 Å². The lowest BCUT2D eigenvalue weighted by atomic mass is 10.1. The molecule has 2 aromatic carbocycles. The molecular weight excluding hydrogens is 366 g/mol. The van der Waals surface area contributed by atoms with E-state index < -0.39 is 15.9 Å². The van der Waals surface area contributed by atoms with Crippen molar-refractivity contribution in [3.8, 4) is 0 Å². The van der Waals surface area contributed by atoms with Crippen LogP contribution in [0.5, 0.6) is 0 Å². The van der Waals surface area contributed by atoms with E-state index in [-0.39, 0.29) is 22.9 Å². The third-order valence-electron chi connectivity index (χ3n) is 3.95. The molecule has 27 heavy (non-hydrogen) atoms. The minimum absolute atomic E-state index is 0.0139. The highest BCUT2D eigenvalue weighted by atomic mass is 32.2. The molecule has 0 heterocycles. The predicted molar refractivity (Wildman–Crippen MR) is 104 cm³/mol. The van der Waals surface area contributed by atoms with Crippen LogP contribution >= 0.6 is 0 Å². The number of nitrogens with one attached hydrogen (secondary N) is 2. The molecule has 2 rings (SSSR count). The maximum atomic E-state index is 12.3. The average Bonchev–Trinajstić information content (AvgIpc) is 2.62. The van der Waals surface area contributed by atoms with Gasteiger partial charge in [-0.1, -0.05) is 18.2 Å². The maximum Gasteiger partial charge on any atom is 0.251 e. The lowest BCUT2D eigenvalue weighted by Gasteiger charge is -2.12. The summed E-state index contributed by atoms with van der Waals surface area (Å²) in [6, 6.07) is 11.4. The Labute approximate surface area is 159 Å². The molecule has 0 aliphatic carbocycles. The van der Waals surface area contributed by atoms with Crippen molar-refractivity contribution in [2.75, 3.05) is 26.0 Å². The quantitative estimate of drug-likeness (QED) is 0.789. The molecule has 0 aliphatic rings. The van der Waals surface area contributed by atoms with Gasteiger partial charge in [-0.2, -0.15) is 0 Å². The van der Waals surface area contributed by atoms with Crippen LogP contribution < -0.4 is 10.6 Å². The van der Waals surface area contributed by atoms with Crippen molar-refractivity contribution in [1.29, 1.82) is 0 Å². The Morgan fingerprint density at radius 2 is 1.74 bits per heavy atom. The van der Waals surface area contributed by atoms with Crippen LogP contribution in [0.15, 0.2) is 47.4 Å². The van der Waals surface area contributed by atoms with Crippen molar-refractivity contribution in [3.05, 3.63) is 59.2 Å². The average molecular weight is 389 g/mol. The van der Waals surface area contributed by atoms with E-state index in [0.717, 1.165) is 15.4 Å². The first-order valence-corrected chi connectivity index (χ1v) is 9.73. The molecule has 7 nitrogen and oxygen atoms in total. The summed E-state index contributed by atoms with van der Waals surface area (Å²) in [6.07, 6.45) is 0. The summed E-state index contributed by atoms with van der Waals surface area (Å²) in [7, 11) is -0.807. The molecule has 0 aliphatic heterocycles. The Kier molecular flexibility index (Phi) is 6.35. The largest absolute Gasteiger partial charge is 0.343 e. The maximum absolute atomic E-state index is 12.3. The molecule has 0 saturated heterocycles. The minimum Gasteiger partial charge on any atom is -0.343 e. The van der Waals surface area contributed by atoms with E-state index in [1.54, 1.807) is 0 Å². The zero-order valence-corrected chi connectivity index (χ0v) is 16.6. The van der Waals surface area contributed by atoms with Gasteiger partial charge in [0.2, 0.25) is 15.9 Å². The fraction of sp³-hybridized carbons (Fsp3) is 0.263. The van der Waals surface area contributed by atoms with Gasteiger partial charge >= 0.3 is 0 Å². The number of carbonyl (C=O) groups is 2. The van der Waals surface area contributed by atoms with Gasteiger partial charge in [-0.15, -0.1) is 0 Å². The molecule has 2 N–H and O–H groups in total. The number of carbonyl (C=O) groups excluding carboxylic acids is 2. The summed E-state index contributed by atoms with van der Waals surface area (Å²) in [5, 5.41) is 5.25. The van der Waals surface area contributed by atoms with Crippen LogP contribution in [0, 0.1) is 13.8 Å². The number of aryl methyl sites for hydroxylation is 2. The predicted octanol–water partition coefficient (Wildman–Crippen LogP) is 1.92. The van der Waals surface area contributed by atoms with Crippen LogP contribution in [0.1, 0.15) is 21.5 Å². The van der Waals surface area contributed by atoms with Gasteiger partial charge in [0.25, 0.3) is 5.91 Å². The fourth-order valence-electron chi connectivity index (χ4n) is 2.34. The van der Waals surface area contributed by atoms with Crippen LogP contribution in [0.2, 0.25) is 0 Å². The van der Waals surface area contributed by atoms with Gasteiger partial charge in [0, 0.05) is 25.3 Å². The standard InChI is InChI=1S/C19H23N3O4S/c1-13-8-9-14(2)17(10-13)21-18(23)12-20-19(24)15-6-5-7-16(11-15)27(25,26)22(3)4/h5-11H,12H2,1-4H3,(H,20,24)(H,21,23). The zero-order valence-electron chi connectivity index (χ0n) is 15.7. The first-order chi connectivity index (χ1) is 12.6. The third-order valence-corrected chi connectivity index (χ3v) is 5.76. The molecule has 0 fully saturated rings. The Balaban J connectivity index is 2.03. The van der Waals surface area contributed by atoms with Gasteiger partial charge in [0.1, 0.15) is 0 Å². The number of hydrogen-bond donors (Lipinski definition) is 2. The van der Waals surface area contributed by atoms with E-state index in [1.165, 1.54) is 38.4 Å². The first kappa shape index (κ1) is 20.6. The highest BCUT2D eigenvalue weighted by molar-refractivity contribution is 7.89. The summed E-state index contributed by atoms with van der Waals surface area (Å²) in [5.41, 5.74) is 2.78. The molecule has 0 saturated carbocycles. The monoisotopic (exact) mass is 389 g/mol. The topological polar surface area (TPSA) is 95.6 Å². The highest BCUT2D eigenvalue weighted by Gasteiger charge is 2.19. The van der Waals surface area contributed by atoms with E-state index in [2.05, 4.69) is 10.6 Å². The van der Waals surface area contributed by atoms with Crippen molar-refractivity contribution < 1.29 is 18.0 Å². The molecule has 0 spiro atoms.